The second-order valence-corrected chi connectivity index (χ2v) is 2.52. The highest BCUT2D eigenvalue weighted by molar-refractivity contribution is 5.91. The maximum atomic E-state index is 10.6. The summed E-state index contributed by atoms with van der Waals surface area (Å²) in [7, 11) is 0. The largest absolute Gasteiger partial charge is 0.515 e. The first kappa shape index (κ1) is 10.5. The topological polar surface area (TPSA) is 57.5 Å². The zero-order valence-electron chi connectivity index (χ0n) is 7.16. The van der Waals surface area contributed by atoms with E-state index in [2.05, 4.69) is 6.58 Å². The Hall–Kier alpha value is -1.51. The van der Waals surface area contributed by atoms with Gasteiger partial charge in [-0.15, -0.1) is 0 Å². The van der Waals surface area contributed by atoms with Crippen molar-refractivity contribution in [2.24, 2.45) is 0 Å². The number of hydrogen-bond acceptors (Lipinski definition) is 2. The summed E-state index contributed by atoms with van der Waals surface area (Å²) in [5.41, 5.74) is 1.05. The Morgan fingerprint density at radius 1 is 1.42 bits per heavy atom. The van der Waals surface area contributed by atoms with E-state index >= 15 is 0 Å². The molecular formula is C9H12O3. The summed E-state index contributed by atoms with van der Waals surface area (Å²) < 4.78 is 0. The van der Waals surface area contributed by atoms with Crippen LogP contribution in [0.4, 0.5) is 0 Å². The van der Waals surface area contributed by atoms with E-state index in [0.717, 1.165) is 6.26 Å². The molecule has 0 amide bonds. The van der Waals surface area contributed by atoms with Gasteiger partial charge < -0.3 is 10.2 Å². The molecule has 0 aromatic carbocycles. The molecule has 0 saturated carbocycles. The molecule has 0 radical (unpaired) electrons. The van der Waals surface area contributed by atoms with E-state index in [1.54, 1.807) is 13.8 Å². The first-order chi connectivity index (χ1) is 5.49. The Morgan fingerprint density at radius 3 is 2.17 bits per heavy atom. The lowest BCUT2D eigenvalue weighted by Gasteiger charge is -1.99. The van der Waals surface area contributed by atoms with E-state index in [1.165, 1.54) is 6.08 Å². The van der Waals surface area contributed by atoms with Crippen molar-refractivity contribution in [3.8, 4) is 0 Å². The second kappa shape index (κ2) is 4.38. The Kier molecular flexibility index (Phi) is 3.83. The molecule has 0 fully saturated rings. The van der Waals surface area contributed by atoms with Crippen LogP contribution in [0.15, 0.2) is 35.6 Å². The summed E-state index contributed by atoms with van der Waals surface area (Å²) in [6.45, 7) is 6.71. The molecule has 3 heteroatoms. The van der Waals surface area contributed by atoms with Crippen molar-refractivity contribution < 1.29 is 15.0 Å². The van der Waals surface area contributed by atoms with Crippen LogP contribution in [0, 0.1) is 0 Å². The standard InChI is InChI=1S/C9H12O3/c1-6(2)8(9(11)12)4-7(3)5-10/h4-5,10H,1H2,2-3H3,(H,11,12)/b7-5+,8-4+. The highest BCUT2D eigenvalue weighted by Gasteiger charge is 2.06. The fourth-order valence-corrected chi connectivity index (χ4v) is 0.632. The maximum absolute atomic E-state index is 10.6. The van der Waals surface area contributed by atoms with Gasteiger partial charge in [-0.3, -0.25) is 0 Å². The van der Waals surface area contributed by atoms with Crippen molar-refractivity contribution >= 4 is 5.97 Å². The third-order valence-corrected chi connectivity index (χ3v) is 1.27. The smallest absolute Gasteiger partial charge is 0.335 e. The van der Waals surface area contributed by atoms with E-state index in [9.17, 15) is 4.79 Å². The van der Waals surface area contributed by atoms with E-state index in [0.29, 0.717) is 11.1 Å². The minimum atomic E-state index is -1.04. The normalized spacial score (nSPS) is 12.8. The Labute approximate surface area is 71.3 Å². The quantitative estimate of drug-likeness (QED) is 0.385. The molecule has 0 unspecified atom stereocenters. The van der Waals surface area contributed by atoms with Gasteiger partial charge in [0.05, 0.1) is 11.8 Å². The number of carboxylic acid groups (broad SMARTS) is 1. The number of aliphatic carboxylic acids is 1. The lowest BCUT2D eigenvalue weighted by atomic mass is 10.1. The number of carboxylic acids is 1. The molecule has 0 atom stereocenters. The lowest BCUT2D eigenvalue weighted by Crippen LogP contribution is -2.01. The van der Waals surface area contributed by atoms with Gasteiger partial charge in [0, 0.05) is 0 Å². The van der Waals surface area contributed by atoms with Crippen LogP contribution in [0.1, 0.15) is 13.8 Å². The molecule has 0 heterocycles. The van der Waals surface area contributed by atoms with Crippen molar-refractivity contribution in [1.82, 2.24) is 0 Å². The van der Waals surface area contributed by atoms with Crippen molar-refractivity contribution in [1.29, 1.82) is 0 Å². The third-order valence-electron chi connectivity index (χ3n) is 1.27. The van der Waals surface area contributed by atoms with Crippen molar-refractivity contribution in [2.45, 2.75) is 13.8 Å². The molecule has 0 aromatic rings. The lowest BCUT2D eigenvalue weighted by molar-refractivity contribution is -0.132. The molecule has 0 saturated heterocycles. The van der Waals surface area contributed by atoms with Crippen LogP contribution < -0.4 is 0 Å². The zero-order valence-corrected chi connectivity index (χ0v) is 7.16. The summed E-state index contributed by atoms with van der Waals surface area (Å²) in [4.78, 5) is 10.6. The number of rotatable bonds is 3. The molecule has 12 heavy (non-hydrogen) atoms. The van der Waals surface area contributed by atoms with Crippen molar-refractivity contribution in [2.75, 3.05) is 0 Å². The van der Waals surface area contributed by atoms with Crippen LogP contribution in [0.25, 0.3) is 0 Å². The predicted octanol–water partition coefficient (Wildman–Crippen LogP) is 2.04. The third kappa shape index (κ3) is 3.05. The Morgan fingerprint density at radius 2 is 1.92 bits per heavy atom. The van der Waals surface area contributed by atoms with Crippen LogP contribution in [0.2, 0.25) is 0 Å². The van der Waals surface area contributed by atoms with Crippen LogP contribution in [-0.4, -0.2) is 16.2 Å². The number of carbonyl (C=O) groups is 1. The van der Waals surface area contributed by atoms with E-state index in [-0.39, 0.29) is 5.57 Å². The predicted molar refractivity (Wildman–Crippen MR) is 46.9 cm³/mol. The van der Waals surface area contributed by atoms with Gasteiger partial charge >= 0.3 is 5.97 Å². The fourth-order valence-electron chi connectivity index (χ4n) is 0.632. The average Bonchev–Trinajstić information content (AvgIpc) is 1.98. The van der Waals surface area contributed by atoms with Gasteiger partial charge in [-0.1, -0.05) is 6.58 Å². The van der Waals surface area contributed by atoms with Gasteiger partial charge in [0.15, 0.2) is 0 Å². The van der Waals surface area contributed by atoms with Crippen molar-refractivity contribution in [3.63, 3.8) is 0 Å². The monoisotopic (exact) mass is 168 g/mol. The van der Waals surface area contributed by atoms with Crippen molar-refractivity contribution in [3.05, 3.63) is 35.6 Å². The maximum Gasteiger partial charge on any atom is 0.335 e. The molecule has 0 aliphatic heterocycles. The van der Waals surface area contributed by atoms with E-state index in [4.69, 9.17) is 10.2 Å². The summed E-state index contributed by atoms with van der Waals surface area (Å²) >= 11 is 0. The second-order valence-electron chi connectivity index (χ2n) is 2.52. The molecular weight excluding hydrogens is 156 g/mol. The first-order valence-corrected chi connectivity index (χ1v) is 3.41. The van der Waals surface area contributed by atoms with Gasteiger partial charge in [0.2, 0.25) is 0 Å². The minimum absolute atomic E-state index is 0.109. The summed E-state index contributed by atoms with van der Waals surface area (Å²) in [5.74, 6) is -1.04. The van der Waals surface area contributed by atoms with Gasteiger partial charge in [0.25, 0.3) is 0 Å². The molecule has 3 nitrogen and oxygen atoms in total. The molecule has 0 bridgehead atoms. The van der Waals surface area contributed by atoms with Gasteiger partial charge in [-0.05, 0) is 31.1 Å². The SMILES string of the molecule is C=C(C)/C(=C\C(C)=C\O)C(=O)O. The molecule has 0 rings (SSSR count). The number of aliphatic hydroxyl groups excluding tert-OH is 1. The summed E-state index contributed by atoms with van der Waals surface area (Å²) in [6, 6.07) is 0. The van der Waals surface area contributed by atoms with E-state index < -0.39 is 5.97 Å². The number of allylic oxidation sites excluding steroid dienone is 2. The highest BCUT2D eigenvalue weighted by Crippen LogP contribution is 2.09. The Balaban J connectivity index is 4.87. The van der Waals surface area contributed by atoms with Gasteiger partial charge in [-0.2, -0.15) is 0 Å². The number of hydrogen-bond donors (Lipinski definition) is 2. The molecule has 0 aliphatic carbocycles. The molecule has 66 valence electrons. The van der Waals surface area contributed by atoms with Gasteiger partial charge in [-0.25, -0.2) is 4.79 Å². The molecule has 0 aromatic heterocycles. The molecule has 0 aliphatic rings. The van der Waals surface area contributed by atoms with E-state index in [1.807, 2.05) is 0 Å². The van der Waals surface area contributed by atoms with Crippen LogP contribution in [0.5, 0.6) is 0 Å². The summed E-state index contributed by atoms with van der Waals surface area (Å²) in [6.07, 6.45) is 2.22. The first-order valence-electron chi connectivity index (χ1n) is 3.41. The summed E-state index contributed by atoms with van der Waals surface area (Å²) in [5, 5.41) is 17.2. The van der Waals surface area contributed by atoms with Crippen LogP contribution in [0.3, 0.4) is 0 Å². The average molecular weight is 168 g/mol. The minimum Gasteiger partial charge on any atom is -0.515 e. The highest BCUT2D eigenvalue weighted by atomic mass is 16.4. The fraction of sp³-hybridized carbons (Fsp3) is 0.222. The van der Waals surface area contributed by atoms with Crippen LogP contribution in [-0.2, 0) is 4.79 Å². The molecule has 2 N–H and O–H groups in total. The number of aliphatic hydroxyl groups is 1. The Bertz CT molecular complexity index is 243. The molecule has 0 spiro atoms. The van der Waals surface area contributed by atoms with Crippen LogP contribution >= 0.6 is 0 Å². The van der Waals surface area contributed by atoms with Gasteiger partial charge in [0.1, 0.15) is 0 Å². The zero-order chi connectivity index (χ0) is 9.72.